The predicted molar refractivity (Wildman–Crippen MR) is 95.0 cm³/mol. The average molecular weight is 332 g/mol. The summed E-state index contributed by atoms with van der Waals surface area (Å²) in [5.41, 5.74) is 3.64. The van der Waals surface area contributed by atoms with Gasteiger partial charge in [-0.1, -0.05) is 30.3 Å². The minimum atomic E-state index is -0.960. The SMILES string of the molecule is C[n+]1c2ccccc2c(C(=O)O)c2cccc(-c3ccc(F)cc3)c21. The van der Waals surface area contributed by atoms with E-state index in [1.807, 2.05) is 54.1 Å². The number of hydrogen-bond donors (Lipinski definition) is 1. The third-order valence-electron chi connectivity index (χ3n) is 4.54. The highest BCUT2D eigenvalue weighted by atomic mass is 19.1. The number of carboxylic acids is 1. The van der Waals surface area contributed by atoms with Gasteiger partial charge in [0, 0.05) is 6.07 Å². The lowest BCUT2D eigenvalue weighted by atomic mass is 9.96. The summed E-state index contributed by atoms with van der Waals surface area (Å²) in [5, 5.41) is 11.2. The molecule has 122 valence electrons. The minimum Gasteiger partial charge on any atom is -0.478 e. The van der Waals surface area contributed by atoms with E-state index in [1.54, 1.807) is 12.1 Å². The van der Waals surface area contributed by atoms with Gasteiger partial charge in [0.25, 0.3) is 0 Å². The number of hydrogen-bond acceptors (Lipinski definition) is 1. The molecule has 4 aromatic rings. The van der Waals surface area contributed by atoms with E-state index in [4.69, 9.17) is 0 Å². The molecule has 0 saturated carbocycles. The molecule has 3 aromatic carbocycles. The van der Waals surface area contributed by atoms with Gasteiger partial charge in [-0.3, -0.25) is 0 Å². The third-order valence-corrected chi connectivity index (χ3v) is 4.54. The summed E-state index contributed by atoms with van der Waals surface area (Å²) in [7, 11) is 1.92. The molecule has 0 atom stereocenters. The summed E-state index contributed by atoms with van der Waals surface area (Å²) in [5.74, 6) is -1.26. The van der Waals surface area contributed by atoms with Crippen molar-refractivity contribution in [2.75, 3.05) is 0 Å². The molecule has 1 heterocycles. The fourth-order valence-corrected chi connectivity index (χ4v) is 3.44. The summed E-state index contributed by atoms with van der Waals surface area (Å²) in [6.45, 7) is 0. The van der Waals surface area contributed by atoms with E-state index < -0.39 is 5.97 Å². The number of benzene rings is 3. The smallest absolute Gasteiger partial charge is 0.337 e. The number of carboxylic acid groups (broad SMARTS) is 1. The van der Waals surface area contributed by atoms with E-state index >= 15 is 0 Å². The molecule has 1 aromatic heterocycles. The first-order chi connectivity index (χ1) is 12.1. The predicted octanol–water partition coefficient (Wildman–Crippen LogP) is 4.32. The second-order valence-corrected chi connectivity index (χ2v) is 5.96. The zero-order valence-electron chi connectivity index (χ0n) is 13.5. The van der Waals surface area contributed by atoms with Crippen LogP contribution < -0.4 is 4.57 Å². The van der Waals surface area contributed by atoms with Crippen molar-refractivity contribution in [1.82, 2.24) is 0 Å². The van der Waals surface area contributed by atoms with E-state index in [0.29, 0.717) is 10.8 Å². The maximum Gasteiger partial charge on any atom is 0.337 e. The van der Waals surface area contributed by atoms with Crippen molar-refractivity contribution < 1.29 is 18.9 Å². The van der Waals surface area contributed by atoms with Crippen LogP contribution in [0.15, 0.2) is 66.7 Å². The molecular formula is C21H15FNO2+. The van der Waals surface area contributed by atoms with Crippen LogP contribution in [0.2, 0.25) is 0 Å². The number of para-hydroxylation sites is 2. The monoisotopic (exact) mass is 332 g/mol. The largest absolute Gasteiger partial charge is 0.478 e. The molecule has 0 aliphatic carbocycles. The third kappa shape index (κ3) is 2.34. The Balaban J connectivity index is 2.21. The Bertz CT molecular complexity index is 1130. The van der Waals surface area contributed by atoms with Gasteiger partial charge in [0.2, 0.25) is 11.0 Å². The Labute approximate surface area is 143 Å². The van der Waals surface area contributed by atoms with Crippen LogP contribution in [-0.2, 0) is 7.05 Å². The minimum absolute atomic E-state index is 0.285. The van der Waals surface area contributed by atoms with Crippen LogP contribution in [0.1, 0.15) is 10.4 Å². The molecule has 0 amide bonds. The standard InChI is InChI=1S/C21H14FNO2/c1-23-18-8-3-2-5-16(18)19(21(24)25)17-7-4-6-15(20(17)23)13-9-11-14(22)12-10-13/h2-12H,1H3/p+1. The van der Waals surface area contributed by atoms with Gasteiger partial charge in [-0.25, -0.2) is 9.18 Å². The van der Waals surface area contributed by atoms with Crippen molar-refractivity contribution in [3.63, 3.8) is 0 Å². The molecule has 0 saturated heterocycles. The van der Waals surface area contributed by atoms with Crippen LogP contribution in [-0.4, -0.2) is 11.1 Å². The molecule has 25 heavy (non-hydrogen) atoms. The summed E-state index contributed by atoms with van der Waals surface area (Å²) >= 11 is 0. The molecule has 3 nitrogen and oxygen atoms in total. The van der Waals surface area contributed by atoms with Gasteiger partial charge in [-0.15, -0.1) is 0 Å². The number of fused-ring (bicyclic) bond motifs is 2. The fourth-order valence-electron chi connectivity index (χ4n) is 3.44. The highest BCUT2D eigenvalue weighted by Gasteiger charge is 2.24. The Morgan fingerprint density at radius 3 is 2.32 bits per heavy atom. The highest BCUT2D eigenvalue weighted by Crippen LogP contribution is 2.31. The van der Waals surface area contributed by atoms with Crippen molar-refractivity contribution >= 4 is 27.8 Å². The summed E-state index contributed by atoms with van der Waals surface area (Å²) < 4.78 is 15.3. The molecule has 1 N–H and O–H groups in total. The quantitative estimate of drug-likeness (QED) is 0.439. The molecule has 0 aliphatic rings. The molecule has 4 rings (SSSR count). The van der Waals surface area contributed by atoms with Gasteiger partial charge in [0.15, 0.2) is 0 Å². The van der Waals surface area contributed by atoms with Crippen molar-refractivity contribution in [2.45, 2.75) is 0 Å². The number of carbonyl (C=O) groups is 1. The average Bonchev–Trinajstić information content (AvgIpc) is 2.62. The number of pyridine rings is 1. The van der Waals surface area contributed by atoms with Gasteiger partial charge in [0.1, 0.15) is 12.9 Å². The first kappa shape index (κ1) is 15.3. The van der Waals surface area contributed by atoms with Gasteiger partial charge < -0.3 is 5.11 Å². The lowest BCUT2D eigenvalue weighted by molar-refractivity contribution is -0.617. The molecule has 0 spiro atoms. The summed E-state index contributed by atoms with van der Waals surface area (Å²) in [6, 6.07) is 19.3. The number of rotatable bonds is 2. The highest BCUT2D eigenvalue weighted by molar-refractivity contribution is 6.14. The van der Waals surface area contributed by atoms with E-state index in [0.717, 1.165) is 22.2 Å². The van der Waals surface area contributed by atoms with Crippen LogP contribution >= 0.6 is 0 Å². The van der Waals surface area contributed by atoms with Crippen LogP contribution in [0.5, 0.6) is 0 Å². The van der Waals surface area contributed by atoms with Crippen molar-refractivity contribution in [3.8, 4) is 11.1 Å². The van der Waals surface area contributed by atoms with Crippen molar-refractivity contribution in [2.24, 2.45) is 7.05 Å². The van der Waals surface area contributed by atoms with Crippen LogP contribution in [0.3, 0.4) is 0 Å². The van der Waals surface area contributed by atoms with E-state index in [2.05, 4.69) is 0 Å². The van der Waals surface area contributed by atoms with Gasteiger partial charge in [-0.2, -0.15) is 4.57 Å². The van der Waals surface area contributed by atoms with E-state index in [9.17, 15) is 14.3 Å². The Morgan fingerprint density at radius 1 is 0.920 bits per heavy atom. The molecule has 0 aliphatic heterocycles. The maximum absolute atomic E-state index is 13.3. The number of nitrogens with zero attached hydrogens (tertiary/aromatic N) is 1. The first-order valence-electron chi connectivity index (χ1n) is 7.90. The second-order valence-electron chi connectivity index (χ2n) is 5.96. The Kier molecular flexibility index (Phi) is 3.46. The molecule has 0 fully saturated rings. The summed E-state index contributed by atoms with van der Waals surface area (Å²) in [4.78, 5) is 12.0. The van der Waals surface area contributed by atoms with Crippen molar-refractivity contribution in [1.29, 1.82) is 0 Å². The van der Waals surface area contributed by atoms with Crippen molar-refractivity contribution in [3.05, 3.63) is 78.1 Å². The maximum atomic E-state index is 13.3. The topological polar surface area (TPSA) is 41.2 Å². The van der Waals surface area contributed by atoms with E-state index in [1.165, 1.54) is 12.1 Å². The Morgan fingerprint density at radius 2 is 1.60 bits per heavy atom. The molecule has 0 unspecified atom stereocenters. The zero-order valence-corrected chi connectivity index (χ0v) is 13.5. The first-order valence-corrected chi connectivity index (χ1v) is 7.90. The molecule has 0 bridgehead atoms. The fraction of sp³-hybridized carbons (Fsp3) is 0.0476. The number of aryl methyl sites for hydroxylation is 1. The van der Waals surface area contributed by atoms with Gasteiger partial charge in [0.05, 0.1) is 21.9 Å². The lowest BCUT2D eigenvalue weighted by Gasteiger charge is -2.10. The number of aromatic carboxylic acids is 1. The normalized spacial score (nSPS) is 11.1. The van der Waals surface area contributed by atoms with Crippen LogP contribution in [0.25, 0.3) is 32.9 Å². The van der Waals surface area contributed by atoms with Crippen LogP contribution in [0.4, 0.5) is 4.39 Å². The van der Waals surface area contributed by atoms with E-state index in [-0.39, 0.29) is 11.4 Å². The summed E-state index contributed by atoms with van der Waals surface area (Å²) in [6.07, 6.45) is 0. The van der Waals surface area contributed by atoms with Crippen LogP contribution in [0, 0.1) is 5.82 Å². The lowest BCUT2D eigenvalue weighted by Crippen LogP contribution is -2.31. The Hall–Kier alpha value is -3.27. The molecule has 0 radical (unpaired) electrons. The molecule has 4 heteroatoms. The molecular weight excluding hydrogens is 317 g/mol. The zero-order chi connectivity index (χ0) is 17.6. The second kappa shape index (κ2) is 5.67. The van der Waals surface area contributed by atoms with Gasteiger partial charge in [-0.05, 0) is 35.9 Å². The number of halogens is 1. The van der Waals surface area contributed by atoms with Gasteiger partial charge >= 0.3 is 5.97 Å². The number of aromatic nitrogens is 1.